The number of rotatable bonds is 3. The molecular weight excluding hydrogens is 290 g/mol. The molecule has 3 unspecified atom stereocenters. The van der Waals surface area contributed by atoms with Crippen LogP contribution >= 0.6 is 12.4 Å². The molecule has 0 aromatic heterocycles. The van der Waals surface area contributed by atoms with E-state index in [-0.39, 0.29) is 41.6 Å². The van der Waals surface area contributed by atoms with Gasteiger partial charge in [0.05, 0.1) is 5.92 Å². The second-order valence-electron chi connectivity index (χ2n) is 6.77. The summed E-state index contributed by atoms with van der Waals surface area (Å²) in [5.74, 6) is 0.0656. The number of halogens is 1. The summed E-state index contributed by atoms with van der Waals surface area (Å²) in [6, 6.07) is 0. The first-order chi connectivity index (χ1) is 9.40. The van der Waals surface area contributed by atoms with E-state index in [2.05, 4.69) is 0 Å². The van der Waals surface area contributed by atoms with Crippen LogP contribution in [0.15, 0.2) is 0 Å². The fourth-order valence-electron chi connectivity index (χ4n) is 3.70. The number of nitrogens with two attached hydrogens (primary N) is 2. The molecule has 1 saturated heterocycles. The van der Waals surface area contributed by atoms with E-state index in [1.807, 2.05) is 11.8 Å². The number of piperidine rings is 1. The maximum atomic E-state index is 12.7. The van der Waals surface area contributed by atoms with E-state index in [4.69, 9.17) is 11.5 Å². The predicted octanol–water partition coefficient (Wildman–Crippen LogP) is 1.43. The molecule has 1 saturated carbocycles. The lowest BCUT2D eigenvalue weighted by Crippen LogP contribution is -2.55. The number of primary amides is 1. The third-order valence-corrected chi connectivity index (χ3v) is 4.87. The van der Waals surface area contributed by atoms with Crippen LogP contribution in [0.2, 0.25) is 0 Å². The minimum absolute atomic E-state index is 0. The summed E-state index contributed by atoms with van der Waals surface area (Å²) in [6.45, 7) is 3.45. The number of carbonyl (C=O) groups is 2. The minimum Gasteiger partial charge on any atom is -0.370 e. The highest BCUT2D eigenvalue weighted by Crippen LogP contribution is 2.34. The number of nitrogens with zero attached hydrogens (tertiary/aromatic N) is 1. The molecule has 0 radical (unpaired) electrons. The lowest BCUT2D eigenvalue weighted by Gasteiger charge is -2.42. The molecule has 0 spiro atoms. The van der Waals surface area contributed by atoms with Crippen LogP contribution in [0.1, 0.15) is 51.9 Å². The van der Waals surface area contributed by atoms with E-state index in [0.717, 1.165) is 45.1 Å². The monoisotopic (exact) mass is 317 g/mol. The second kappa shape index (κ2) is 7.45. The first kappa shape index (κ1) is 18.2. The van der Waals surface area contributed by atoms with Crippen LogP contribution in [0.4, 0.5) is 0 Å². The zero-order valence-electron chi connectivity index (χ0n) is 12.8. The maximum absolute atomic E-state index is 12.7. The van der Waals surface area contributed by atoms with Crippen molar-refractivity contribution in [2.75, 3.05) is 13.1 Å². The number of likely N-dealkylation sites (tertiary alicyclic amines) is 1. The van der Waals surface area contributed by atoms with Crippen molar-refractivity contribution in [1.29, 1.82) is 0 Å². The molecule has 0 aromatic rings. The van der Waals surface area contributed by atoms with Gasteiger partial charge < -0.3 is 16.4 Å². The highest BCUT2D eigenvalue weighted by Gasteiger charge is 2.40. The average Bonchev–Trinajstić information content (AvgIpc) is 2.37. The van der Waals surface area contributed by atoms with Crippen LogP contribution in [-0.4, -0.2) is 35.3 Å². The summed E-state index contributed by atoms with van der Waals surface area (Å²) < 4.78 is 0. The molecule has 2 fully saturated rings. The Labute approximate surface area is 133 Å². The van der Waals surface area contributed by atoms with Crippen LogP contribution in [0.25, 0.3) is 0 Å². The highest BCUT2D eigenvalue weighted by atomic mass is 35.5. The van der Waals surface area contributed by atoms with E-state index >= 15 is 0 Å². The second-order valence-corrected chi connectivity index (χ2v) is 6.77. The van der Waals surface area contributed by atoms with Gasteiger partial charge in [-0.1, -0.05) is 12.8 Å². The molecule has 2 amide bonds. The smallest absolute Gasteiger partial charge is 0.227 e. The molecule has 1 heterocycles. The van der Waals surface area contributed by atoms with Crippen molar-refractivity contribution in [3.8, 4) is 0 Å². The summed E-state index contributed by atoms with van der Waals surface area (Å²) >= 11 is 0. The molecule has 5 nitrogen and oxygen atoms in total. The summed E-state index contributed by atoms with van der Waals surface area (Å²) in [5, 5.41) is 0. The summed E-state index contributed by atoms with van der Waals surface area (Å²) in [6.07, 6.45) is 6.33. The van der Waals surface area contributed by atoms with Gasteiger partial charge in [0, 0.05) is 25.0 Å². The third-order valence-electron chi connectivity index (χ3n) is 4.87. The number of hydrogen-bond donors (Lipinski definition) is 2. The van der Waals surface area contributed by atoms with E-state index in [0.29, 0.717) is 13.0 Å². The topological polar surface area (TPSA) is 89.4 Å². The zero-order chi connectivity index (χ0) is 14.8. The predicted molar refractivity (Wildman–Crippen MR) is 84.9 cm³/mol. The molecule has 1 aliphatic heterocycles. The lowest BCUT2D eigenvalue weighted by atomic mass is 9.73. The van der Waals surface area contributed by atoms with Crippen molar-refractivity contribution in [1.82, 2.24) is 4.90 Å². The molecule has 122 valence electrons. The van der Waals surface area contributed by atoms with Gasteiger partial charge in [0.1, 0.15) is 0 Å². The van der Waals surface area contributed by atoms with E-state index in [1.54, 1.807) is 0 Å². The SMILES string of the molecule is CC1(N)CCCCC1C(=O)N1CCCC(CC(N)=O)C1.Cl. The summed E-state index contributed by atoms with van der Waals surface area (Å²) in [5.41, 5.74) is 11.2. The van der Waals surface area contributed by atoms with Crippen molar-refractivity contribution in [2.24, 2.45) is 23.3 Å². The molecule has 2 aliphatic rings. The van der Waals surface area contributed by atoms with Gasteiger partial charge in [-0.05, 0) is 38.5 Å². The Balaban J connectivity index is 0.00000220. The van der Waals surface area contributed by atoms with E-state index in [9.17, 15) is 9.59 Å². The van der Waals surface area contributed by atoms with Crippen molar-refractivity contribution >= 4 is 24.2 Å². The van der Waals surface area contributed by atoms with Gasteiger partial charge in [-0.2, -0.15) is 0 Å². The van der Waals surface area contributed by atoms with Crippen molar-refractivity contribution in [2.45, 2.75) is 57.4 Å². The quantitative estimate of drug-likeness (QED) is 0.825. The van der Waals surface area contributed by atoms with Crippen LogP contribution in [0.3, 0.4) is 0 Å². The first-order valence-electron chi connectivity index (χ1n) is 7.76. The molecule has 6 heteroatoms. The van der Waals surface area contributed by atoms with Crippen molar-refractivity contribution < 1.29 is 9.59 Å². The van der Waals surface area contributed by atoms with Crippen LogP contribution < -0.4 is 11.5 Å². The molecule has 1 aliphatic carbocycles. The molecule has 0 bridgehead atoms. The Bertz CT molecular complexity index is 387. The van der Waals surface area contributed by atoms with Gasteiger partial charge >= 0.3 is 0 Å². The number of carbonyl (C=O) groups excluding carboxylic acids is 2. The Morgan fingerprint density at radius 1 is 1.24 bits per heavy atom. The minimum atomic E-state index is -0.383. The number of hydrogen-bond acceptors (Lipinski definition) is 3. The van der Waals surface area contributed by atoms with E-state index in [1.165, 1.54) is 0 Å². The zero-order valence-corrected chi connectivity index (χ0v) is 13.7. The molecule has 3 atom stereocenters. The Morgan fingerprint density at radius 2 is 1.95 bits per heavy atom. The van der Waals surface area contributed by atoms with Crippen LogP contribution in [0.5, 0.6) is 0 Å². The van der Waals surface area contributed by atoms with Crippen molar-refractivity contribution in [3.63, 3.8) is 0 Å². The van der Waals surface area contributed by atoms with E-state index < -0.39 is 0 Å². The number of amides is 2. The van der Waals surface area contributed by atoms with Crippen LogP contribution in [0, 0.1) is 11.8 Å². The van der Waals surface area contributed by atoms with Gasteiger partial charge in [-0.3, -0.25) is 9.59 Å². The standard InChI is InChI=1S/C15H27N3O2.ClH/c1-15(17)7-3-2-6-12(15)14(20)18-8-4-5-11(10-18)9-13(16)19;/h11-12H,2-10,17H2,1H3,(H2,16,19);1H. The van der Waals surface area contributed by atoms with Crippen molar-refractivity contribution in [3.05, 3.63) is 0 Å². The summed E-state index contributed by atoms with van der Waals surface area (Å²) in [4.78, 5) is 25.7. The van der Waals surface area contributed by atoms with Gasteiger partial charge in [-0.25, -0.2) is 0 Å². The Hall–Kier alpha value is -0.810. The average molecular weight is 318 g/mol. The first-order valence-corrected chi connectivity index (χ1v) is 7.76. The fraction of sp³-hybridized carbons (Fsp3) is 0.867. The van der Waals surface area contributed by atoms with Gasteiger partial charge in [-0.15, -0.1) is 12.4 Å². The Kier molecular flexibility index (Phi) is 6.47. The normalized spacial score (nSPS) is 33.1. The third kappa shape index (κ3) is 4.58. The molecule has 4 N–H and O–H groups in total. The molecule has 2 rings (SSSR count). The Morgan fingerprint density at radius 3 is 2.57 bits per heavy atom. The van der Waals surface area contributed by atoms with Gasteiger partial charge in [0.15, 0.2) is 0 Å². The fourth-order valence-corrected chi connectivity index (χ4v) is 3.70. The van der Waals surface area contributed by atoms with Gasteiger partial charge in [0.2, 0.25) is 11.8 Å². The largest absolute Gasteiger partial charge is 0.370 e. The highest BCUT2D eigenvalue weighted by molar-refractivity contribution is 5.85. The molecular formula is C15H28ClN3O2. The maximum Gasteiger partial charge on any atom is 0.227 e. The summed E-state index contributed by atoms with van der Waals surface area (Å²) in [7, 11) is 0. The van der Waals surface area contributed by atoms with Crippen LogP contribution in [-0.2, 0) is 9.59 Å². The molecule has 0 aromatic carbocycles. The van der Waals surface area contributed by atoms with Gasteiger partial charge in [0.25, 0.3) is 0 Å². The molecule has 21 heavy (non-hydrogen) atoms. The lowest BCUT2D eigenvalue weighted by molar-refractivity contribution is -0.141.